The van der Waals surface area contributed by atoms with Gasteiger partial charge in [0.2, 0.25) is 0 Å². The molecule has 2 fully saturated rings. The second-order valence-electron chi connectivity index (χ2n) is 7.05. The molecule has 1 aromatic carbocycles. The number of nitrogens with zero attached hydrogens (tertiary/aromatic N) is 1. The SMILES string of the molecule is CCCOc1cccc(CN2CC3CNCC3C2(C)C)c1. The van der Waals surface area contributed by atoms with Gasteiger partial charge >= 0.3 is 0 Å². The first-order valence-corrected chi connectivity index (χ1v) is 8.28. The van der Waals surface area contributed by atoms with Crippen molar-refractivity contribution in [3.05, 3.63) is 29.8 Å². The Kier molecular flexibility index (Phi) is 4.23. The van der Waals surface area contributed by atoms with Gasteiger partial charge in [0.05, 0.1) is 6.61 Å². The van der Waals surface area contributed by atoms with Gasteiger partial charge in [-0.15, -0.1) is 0 Å². The van der Waals surface area contributed by atoms with E-state index in [9.17, 15) is 0 Å². The van der Waals surface area contributed by atoms with Gasteiger partial charge < -0.3 is 10.1 Å². The van der Waals surface area contributed by atoms with Gasteiger partial charge in [-0.05, 0) is 56.3 Å². The van der Waals surface area contributed by atoms with Crippen LogP contribution in [-0.4, -0.2) is 36.7 Å². The predicted octanol–water partition coefficient (Wildman–Crippen LogP) is 2.91. The van der Waals surface area contributed by atoms with Gasteiger partial charge in [-0.3, -0.25) is 4.90 Å². The molecule has 2 atom stereocenters. The van der Waals surface area contributed by atoms with Crippen molar-refractivity contribution < 1.29 is 4.74 Å². The number of hydrogen-bond donors (Lipinski definition) is 1. The standard InChI is InChI=1S/C18H28N2O/c1-4-8-21-16-7-5-6-14(9-16)12-20-13-15-10-19-11-17(15)18(20,2)3/h5-7,9,15,17,19H,4,8,10-13H2,1-3H3. The summed E-state index contributed by atoms with van der Waals surface area (Å²) in [5.41, 5.74) is 1.65. The third-order valence-corrected chi connectivity index (χ3v) is 5.26. The first-order chi connectivity index (χ1) is 10.1. The third-order valence-electron chi connectivity index (χ3n) is 5.26. The minimum absolute atomic E-state index is 0.286. The molecule has 116 valence electrons. The lowest BCUT2D eigenvalue weighted by atomic mass is 9.85. The van der Waals surface area contributed by atoms with Crippen molar-refractivity contribution in [1.82, 2.24) is 10.2 Å². The van der Waals surface area contributed by atoms with Gasteiger partial charge in [0, 0.05) is 25.2 Å². The summed E-state index contributed by atoms with van der Waals surface area (Å²) in [5, 5.41) is 3.55. The highest BCUT2D eigenvalue weighted by molar-refractivity contribution is 5.29. The molecule has 0 spiro atoms. The quantitative estimate of drug-likeness (QED) is 0.901. The molecule has 0 amide bonds. The van der Waals surface area contributed by atoms with Crippen LogP contribution in [0, 0.1) is 11.8 Å². The largest absolute Gasteiger partial charge is 0.494 e. The van der Waals surface area contributed by atoms with E-state index in [1.165, 1.54) is 25.2 Å². The smallest absolute Gasteiger partial charge is 0.119 e. The van der Waals surface area contributed by atoms with Crippen molar-refractivity contribution >= 4 is 0 Å². The normalized spacial score (nSPS) is 27.8. The minimum Gasteiger partial charge on any atom is -0.494 e. The summed E-state index contributed by atoms with van der Waals surface area (Å²) in [6, 6.07) is 8.61. The Labute approximate surface area is 128 Å². The van der Waals surface area contributed by atoms with E-state index < -0.39 is 0 Å². The van der Waals surface area contributed by atoms with Crippen molar-refractivity contribution in [2.75, 3.05) is 26.2 Å². The summed E-state index contributed by atoms with van der Waals surface area (Å²) in [7, 11) is 0. The van der Waals surface area contributed by atoms with E-state index in [2.05, 4.69) is 55.3 Å². The molecule has 2 heterocycles. The Morgan fingerprint density at radius 2 is 2.19 bits per heavy atom. The number of fused-ring (bicyclic) bond motifs is 1. The van der Waals surface area contributed by atoms with Crippen LogP contribution in [0.4, 0.5) is 0 Å². The molecule has 0 saturated carbocycles. The lowest BCUT2D eigenvalue weighted by Crippen LogP contribution is -2.43. The lowest BCUT2D eigenvalue weighted by Gasteiger charge is -2.35. The average molecular weight is 288 g/mol. The van der Waals surface area contributed by atoms with Crippen LogP contribution >= 0.6 is 0 Å². The fraction of sp³-hybridized carbons (Fsp3) is 0.667. The number of nitrogens with one attached hydrogen (secondary N) is 1. The Balaban J connectivity index is 1.69. The maximum atomic E-state index is 5.76. The van der Waals surface area contributed by atoms with Crippen LogP contribution in [0.3, 0.4) is 0 Å². The van der Waals surface area contributed by atoms with E-state index >= 15 is 0 Å². The van der Waals surface area contributed by atoms with Crippen molar-refractivity contribution in [1.29, 1.82) is 0 Å². The van der Waals surface area contributed by atoms with Gasteiger partial charge in [0.1, 0.15) is 5.75 Å². The highest BCUT2D eigenvalue weighted by atomic mass is 16.5. The van der Waals surface area contributed by atoms with Crippen molar-refractivity contribution in [2.45, 2.75) is 39.3 Å². The molecule has 3 heteroatoms. The molecule has 2 unspecified atom stereocenters. The molecule has 3 rings (SSSR count). The molecular formula is C18H28N2O. The highest BCUT2D eigenvalue weighted by Gasteiger charge is 2.49. The zero-order valence-corrected chi connectivity index (χ0v) is 13.6. The topological polar surface area (TPSA) is 24.5 Å². The molecule has 2 aliphatic rings. The summed E-state index contributed by atoms with van der Waals surface area (Å²) >= 11 is 0. The Morgan fingerprint density at radius 3 is 2.95 bits per heavy atom. The zero-order chi connectivity index (χ0) is 14.9. The van der Waals surface area contributed by atoms with Crippen LogP contribution in [0.15, 0.2) is 24.3 Å². The fourth-order valence-corrected chi connectivity index (χ4v) is 3.95. The van der Waals surface area contributed by atoms with Crippen LogP contribution in [0.1, 0.15) is 32.8 Å². The summed E-state index contributed by atoms with van der Waals surface area (Å²) in [6.07, 6.45) is 1.06. The molecule has 2 saturated heterocycles. The molecule has 21 heavy (non-hydrogen) atoms. The molecule has 0 bridgehead atoms. The Bertz CT molecular complexity index is 486. The monoisotopic (exact) mass is 288 g/mol. The first-order valence-electron chi connectivity index (χ1n) is 8.28. The van der Waals surface area contributed by atoms with E-state index in [0.717, 1.165) is 37.2 Å². The molecule has 3 nitrogen and oxygen atoms in total. The van der Waals surface area contributed by atoms with Crippen LogP contribution in [0.5, 0.6) is 5.75 Å². The van der Waals surface area contributed by atoms with Gasteiger partial charge in [0.25, 0.3) is 0 Å². The van der Waals surface area contributed by atoms with E-state index in [4.69, 9.17) is 4.74 Å². The second kappa shape index (κ2) is 5.98. The van der Waals surface area contributed by atoms with E-state index in [1.807, 2.05) is 0 Å². The van der Waals surface area contributed by atoms with Crippen molar-refractivity contribution in [3.63, 3.8) is 0 Å². The maximum absolute atomic E-state index is 5.76. The predicted molar refractivity (Wildman–Crippen MR) is 86.6 cm³/mol. The first kappa shape index (κ1) is 14.9. The highest BCUT2D eigenvalue weighted by Crippen LogP contribution is 2.41. The van der Waals surface area contributed by atoms with E-state index in [1.54, 1.807) is 0 Å². The van der Waals surface area contributed by atoms with E-state index in [0.29, 0.717) is 0 Å². The van der Waals surface area contributed by atoms with Gasteiger partial charge in [-0.25, -0.2) is 0 Å². The number of benzene rings is 1. The molecule has 0 radical (unpaired) electrons. The van der Waals surface area contributed by atoms with Gasteiger partial charge in [-0.1, -0.05) is 19.1 Å². The fourth-order valence-electron chi connectivity index (χ4n) is 3.95. The second-order valence-corrected chi connectivity index (χ2v) is 7.05. The Hall–Kier alpha value is -1.06. The number of likely N-dealkylation sites (tertiary alicyclic amines) is 1. The van der Waals surface area contributed by atoms with Crippen LogP contribution in [0.2, 0.25) is 0 Å². The molecule has 1 aromatic rings. The summed E-state index contributed by atoms with van der Waals surface area (Å²) in [5.74, 6) is 2.62. The minimum atomic E-state index is 0.286. The third kappa shape index (κ3) is 2.95. The maximum Gasteiger partial charge on any atom is 0.119 e. The zero-order valence-electron chi connectivity index (χ0n) is 13.6. The van der Waals surface area contributed by atoms with Crippen LogP contribution in [0.25, 0.3) is 0 Å². The molecule has 1 N–H and O–H groups in total. The van der Waals surface area contributed by atoms with Crippen molar-refractivity contribution in [3.8, 4) is 5.75 Å². The van der Waals surface area contributed by atoms with E-state index in [-0.39, 0.29) is 5.54 Å². The van der Waals surface area contributed by atoms with Crippen LogP contribution < -0.4 is 10.1 Å². The number of hydrogen-bond acceptors (Lipinski definition) is 3. The number of ether oxygens (including phenoxy) is 1. The summed E-state index contributed by atoms with van der Waals surface area (Å²) < 4.78 is 5.76. The molecule has 2 aliphatic heterocycles. The van der Waals surface area contributed by atoms with Gasteiger partial charge in [-0.2, -0.15) is 0 Å². The summed E-state index contributed by atoms with van der Waals surface area (Å²) in [4.78, 5) is 2.65. The molecule has 0 aromatic heterocycles. The average Bonchev–Trinajstić information content (AvgIpc) is 3.01. The summed E-state index contributed by atoms with van der Waals surface area (Å²) in [6.45, 7) is 12.4. The number of rotatable bonds is 5. The van der Waals surface area contributed by atoms with Gasteiger partial charge in [0.15, 0.2) is 0 Å². The lowest BCUT2D eigenvalue weighted by molar-refractivity contribution is 0.132. The molecule has 0 aliphatic carbocycles. The van der Waals surface area contributed by atoms with Crippen LogP contribution in [-0.2, 0) is 6.54 Å². The Morgan fingerprint density at radius 1 is 1.33 bits per heavy atom. The molecular weight excluding hydrogens is 260 g/mol. The van der Waals surface area contributed by atoms with Crippen molar-refractivity contribution in [2.24, 2.45) is 11.8 Å².